The number of rotatable bonds is 6. The maximum Gasteiger partial charge on any atom is 0.236 e. The second kappa shape index (κ2) is 8.05. The van der Waals surface area contributed by atoms with Crippen molar-refractivity contribution in [2.45, 2.75) is 39.2 Å². The third kappa shape index (κ3) is 5.19. The van der Waals surface area contributed by atoms with Crippen molar-refractivity contribution in [2.24, 2.45) is 5.92 Å². The molecule has 0 aliphatic carbocycles. The van der Waals surface area contributed by atoms with Crippen molar-refractivity contribution in [2.75, 3.05) is 38.7 Å². The minimum absolute atomic E-state index is 0.306. The number of piperidine rings is 1. The van der Waals surface area contributed by atoms with E-state index in [0.717, 1.165) is 19.5 Å². The summed E-state index contributed by atoms with van der Waals surface area (Å²) in [6.45, 7) is 6.93. The van der Waals surface area contributed by atoms with Crippen LogP contribution in [0.1, 0.15) is 33.1 Å². The van der Waals surface area contributed by atoms with Gasteiger partial charge in [-0.2, -0.15) is 11.8 Å². The molecule has 1 saturated heterocycles. The van der Waals surface area contributed by atoms with E-state index in [2.05, 4.69) is 32.1 Å². The molecular formula is C14H28N2OS. The van der Waals surface area contributed by atoms with E-state index in [1.165, 1.54) is 18.6 Å². The highest BCUT2D eigenvalue weighted by Gasteiger charge is 2.22. The molecule has 106 valence electrons. The van der Waals surface area contributed by atoms with E-state index in [1.54, 1.807) is 0 Å². The van der Waals surface area contributed by atoms with Crippen LogP contribution in [0.15, 0.2) is 0 Å². The van der Waals surface area contributed by atoms with E-state index in [0.29, 0.717) is 24.4 Å². The third-order valence-electron chi connectivity index (χ3n) is 3.89. The molecule has 18 heavy (non-hydrogen) atoms. The summed E-state index contributed by atoms with van der Waals surface area (Å²) in [5, 5.41) is 0. The first-order valence-electron chi connectivity index (χ1n) is 7.01. The number of carbonyl (C=O) groups is 1. The predicted molar refractivity (Wildman–Crippen MR) is 80.1 cm³/mol. The van der Waals surface area contributed by atoms with Crippen LogP contribution >= 0.6 is 11.8 Å². The molecule has 1 aliphatic heterocycles. The zero-order valence-electron chi connectivity index (χ0n) is 12.3. The molecule has 4 heteroatoms. The standard InChI is InChI=1S/C14H28N2OS/c1-12-6-5-8-16(10-12)14(17)11-15(3)13(2)7-9-18-4/h12-13H,5-11H2,1-4H3. The third-order valence-corrected chi connectivity index (χ3v) is 4.53. The number of hydrogen-bond acceptors (Lipinski definition) is 3. The SMILES string of the molecule is CSCCC(C)N(C)CC(=O)N1CCCC(C)C1. The van der Waals surface area contributed by atoms with E-state index in [9.17, 15) is 4.79 Å². The molecule has 0 radical (unpaired) electrons. The van der Waals surface area contributed by atoms with Crippen LogP contribution in [-0.4, -0.2) is 60.4 Å². The molecular weight excluding hydrogens is 244 g/mol. The number of amides is 1. The van der Waals surface area contributed by atoms with Gasteiger partial charge in [-0.1, -0.05) is 6.92 Å². The molecule has 0 N–H and O–H groups in total. The van der Waals surface area contributed by atoms with Gasteiger partial charge in [0.05, 0.1) is 6.54 Å². The van der Waals surface area contributed by atoms with Crippen molar-refractivity contribution >= 4 is 17.7 Å². The molecule has 0 bridgehead atoms. The van der Waals surface area contributed by atoms with Gasteiger partial charge in [0.1, 0.15) is 0 Å². The maximum atomic E-state index is 12.2. The Balaban J connectivity index is 2.33. The van der Waals surface area contributed by atoms with Gasteiger partial charge >= 0.3 is 0 Å². The highest BCUT2D eigenvalue weighted by molar-refractivity contribution is 7.98. The Morgan fingerprint density at radius 1 is 1.56 bits per heavy atom. The number of nitrogens with zero attached hydrogens (tertiary/aromatic N) is 2. The second-order valence-electron chi connectivity index (χ2n) is 5.63. The zero-order valence-corrected chi connectivity index (χ0v) is 13.1. The average Bonchev–Trinajstić information content (AvgIpc) is 2.35. The Labute approximate surface area is 116 Å². The molecule has 1 heterocycles. The molecule has 0 aromatic heterocycles. The molecule has 1 rings (SSSR count). The van der Waals surface area contributed by atoms with Gasteiger partial charge in [0.2, 0.25) is 5.91 Å². The summed E-state index contributed by atoms with van der Waals surface area (Å²) >= 11 is 1.87. The van der Waals surface area contributed by atoms with Crippen molar-refractivity contribution in [1.82, 2.24) is 9.80 Å². The number of hydrogen-bond donors (Lipinski definition) is 0. The van der Waals surface area contributed by atoms with Crippen molar-refractivity contribution < 1.29 is 4.79 Å². The molecule has 1 aliphatic rings. The highest BCUT2D eigenvalue weighted by Crippen LogP contribution is 2.16. The molecule has 3 nitrogen and oxygen atoms in total. The van der Waals surface area contributed by atoms with Crippen LogP contribution in [0, 0.1) is 5.92 Å². The first kappa shape index (κ1) is 15.8. The van der Waals surface area contributed by atoms with Crippen molar-refractivity contribution in [1.29, 1.82) is 0 Å². The lowest BCUT2D eigenvalue weighted by molar-refractivity contribution is -0.134. The normalized spacial score (nSPS) is 22.3. The van der Waals surface area contributed by atoms with E-state index >= 15 is 0 Å². The summed E-state index contributed by atoms with van der Waals surface area (Å²) < 4.78 is 0. The molecule has 2 atom stereocenters. The quantitative estimate of drug-likeness (QED) is 0.741. The summed E-state index contributed by atoms with van der Waals surface area (Å²) in [6.07, 6.45) is 5.72. The van der Waals surface area contributed by atoms with Crippen LogP contribution in [0.2, 0.25) is 0 Å². The van der Waals surface area contributed by atoms with E-state index in [-0.39, 0.29) is 0 Å². The summed E-state index contributed by atoms with van der Waals surface area (Å²) in [6, 6.07) is 0.489. The Hall–Kier alpha value is -0.220. The number of thioether (sulfide) groups is 1. The van der Waals surface area contributed by atoms with Crippen molar-refractivity contribution in [3.05, 3.63) is 0 Å². The van der Waals surface area contributed by atoms with Gasteiger partial charge in [-0.05, 0) is 51.2 Å². The topological polar surface area (TPSA) is 23.6 Å². The Kier molecular flexibility index (Phi) is 7.08. The zero-order chi connectivity index (χ0) is 13.5. The monoisotopic (exact) mass is 272 g/mol. The van der Waals surface area contributed by atoms with Crippen LogP contribution in [0.5, 0.6) is 0 Å². The van der Waals surface area contributed by atoms with Crippen LogP contribution in [0.25, 0.3) is 0 Å². The Bertz CT molecular complexity index is 260. The van der Waals surface area contributed by atoms with Crippen LogP contribution in [-0.2, 0) is 4.79 Å². The average molecular weight is 272 g/mol. The number of likely N-dealkylation sites (tertiary alicyclic amines) is 1. The van der Waals surface area contributed by atoms with Crippen LogP contribution in [0.4, 0.5) is 0 Å². The summed E-state index contributed by atoms with van der Waals surface area (Å²) in [5.41, 5.74) is 0. The summed E-state index contributed by atoms with van der Waals surface area (Å²) in [4.78, 5) is 16.5. The fourth-order valence-electron chi connectivity index (χ4n) is 2.39. The van der Waals surface area contributed by atoms with Gasteiger partial charge in [0, 0.05) is 19.1 Å². The highest BCUT2D eigenvalue weighted by atomic mass is 32.2. The smallest absolute Gasteiger partial charge is 0.236 e. The van der Waals surface area contributed by atoms with Gasteiger partial charge < -0.3 is 4.90 Å². The molecule has 0 spiro atoms. The largest absolute Gasteiger partial charge is 0.341 e. The second-order valence-corrected chi connectivity index (χ2v) is 6.62. The van der Waals surface area contributed by atoms with Crippen LogP contribution < -0.4 is 0 Å². The molecule has 0 aromatic carbocycles. The maximum absolute atomic E-state index is 12.2. The van der Waals surface area contributed by atoms with Crippen molar-refractivity contribution in [3.63, 3.8) is 0 Å². The lowest BCUT2D eigenvalue weighted by atomic mass is 10.0. The fourth-order valence-corrected chi connectivity index (χ4v) is 2.97. The lowest BCUT2D eigenvalue weighted by Crippen LogP contribution is -2.45. The molecule has 2 unspecified atom stereocenters. The summed E-state index contributed by atoms with van der Waals surface area (Å²) in [5.74, 6) is 2.14. The Morgan fingerprint density at radius 2 is 2.28 bits per heavy atom. The lowest BCUT2D eigenvalue weighted by Gasteiger charge is -2.33. The predicted octanol–water partition coefficient (Wildman–Crippen LogP) is 2.32. The summed E-state index contributed by atoms with van der Waals surface area (Å²) in [7, 11) is 2.07. The van der Waals surface area contributed by atoms with E-state index < -0.39 is 0 Å². The fraction of sp³-hybridized carbons (Fsp3) is 0.929. The van der Waals surface area contributed by atoms with E-state index in [4.69, 9.17) is 0 Å². The minimum Gasteiger partial charge on any atom is -0.341 e. The molecule has 0 aromatic rings. The minimum atomic E-state index is 0.306. The van der Waals surface area contributed by atoms with Gasteiger partial charge in [0.25, 0.3) is 0 Å². The van der Waals surface area contributed by atoms with E-state index in [1.807, 2.05) is 16.7 Å². The first-order chi connectivity index (χ1) is 8.54. The number of likely N-dealkylation sites (N-methyl/N-ethyl adjacent to an activating group) is 1. The first-order valence-corrected chi connectivity index (χ1v) is 8.41. The van der Waals surface area contributed by atoms with Gasteiger partial charge in [-0.15, -0.1) is 0 Å². The van der Waals surface area contributed by atoms with Crippen molar-refractivity contribution in [3.8, 4) is 0 Å². The van der Waals surface area contributed by atoms with Gasteiger partial charge in [-0.25, -0.2) is 0 Å². The van der Waals surface area contributed by atoms with Gasteiger partial charge in [-0.3, -0.25) is 9.69 Å². The molecule has 0 saturated carbocycles. The molecule has 1 amide bonds. The van der Waals surface area contributed by atoms with Crippen LogP contribution in [0.3, 0.4) is 0 Å². The van der Waals surface area contributed by atoms with Gasteiger partial charge in [0.15, 0.2) is 0 Å². The molecule has 1 fully saturated rings. The Morgan fingerprint density at radius 3 is 2.89 bits per heavy atom. The number of carbonyl (C=O) groups excluding carboxylic acids is 1.